The second-order valence-corrected chi connectivity index (χ2v) is 5.84. The summed E-state index contributed by atoms with van der Waals surface area (Å²) < 4.78 is 0. The highest BCUT2D eigenvalue weighted by Crippen LogP contribution is 2.14. The molecule has 4 heteroatoms. The van der Waals surface area contributed by atoms with E-state index in [0.29, 0.717) is 4.88 Å². The Morgan fingerprint density at radius 3 is 2.48 bits per heavy atom. The summed E-state index contributed by atoms with van der Waals surface area (Å²) in [4.78, 5) is 24.4. The van der Waals surface area contributed by atoms with Gasteiger partial charge in [0, 0.05) is 18.5 Å². The van der Waals surface area contributed by atoms with E-state index < -0.39 is 0 Å². The zero-order valence-electron chi connectivity index (χ0n) is 12.1. The van der Waals surface area contributed by atoms with E-state index in [2.05, 4.69) is 12.2 Å². The molecule has 0 bridgehead atoms. The summed E-state index contributed by atoms with van der Waals surface area (Å²) in [6, 6.07) is 11.5. The molecule has 0 aliphatic heterocycles. The van der Waals surface area contributed by atoms with Crippen molar-refractivity contribution in [1.29, 1.82) is 0 Å². The fourth-order valence-electron chi connectivity index (χ4n) is 2.05. The number of hydrogen-bond donors (Lipinski definition) is 1. The SMILES string of the molecule is CCCc1ccc(NC(=O)CCC(=O)c2cccs2)cc1. The number of aryl methyl sites for hydroxylation is 1. The van der Waals surface area contributed by atoms with Crippen LogP contribution in [0.3, 0.4) is 0 Å². The van der Waals surface area contributed by atoms with E-state index in [4.69, 9.17) is 0 Å². The van der Waals surface area contributed by atoms with Crippen molar-refractivity contribution in [1.82, 2.24) is 0 Å². The van der Waals surface area contributed by atoms with Crippen LogP contribution < -0.4 is 5.32 Å². The number of nitrogens with one attached hydrogen (secondary N) is 1. The minimum Gasteiger partial charge on any atom is -0.326 e. The maximum absolute atomic E-state index is 11.8. The maximum atomic E-state index is 11.8. The lowest BCUT2D eigenvalue weighted by Gasteiger charge is -2.06. The van der Waals surface area contributed by atoms with Crippen molar-refractivity contribution in [2.24, 2.45) is 0 Å². The van der Waals surface area contributed by atoms with Crippen LogP contribution in [0, 0.1) is 0 Å². The van der Waals surface area contributed by atoms with Crippen molar-refractivity contribution in [3.05, 3.63) is 52.2 Å². The van der Waals surface area contributed by atoms with Gasteiger partial charge in [0.05, 0.1) is 4.88 Å². The first-order valence-electron chi connectivity index (χ1n) is 7.14. The lowest BCUT2D eigenvalue weighted by atomic mass is 10.1. The highest BCUT2D eigenvalue weighted by molar-refractivity contribution is 7.12. The quantitative estimate of drug-likeness (QED) is 0.775. The molecule has 0 saturated heterocycles. The minimum atomic E-state index is -0.122. The number of thiophene rings is 1. The second kappa shape index (κ2) is 7.74. The molecule has 2 rings (SSSR count). The number of anilines is 1. The van der Waals surface area contributed by atoms with Gasteiger partial charge in [-0.15, -0.1) is 11.3 Å². The van der Waals surface area contributed by atoms with Crippen LogP contribution in [0.15, 0.2) is 41.8 Å². The Kier molecular flexibility index (Phi) is 5.69. The monoisotopic (exact) mass is 301 g/mol. The van der Waals surface area contributed by atoms with E-state index in [0.717, 1.165) is 18.5 Å². The van der Waals surface area contributed by atoms with Gasteiger partial charge >= 0.3 is 0 Å². The highest BCUT2D eigenvalue weighted by atomic mass is 32.1. The van der Waals surface area contributed by atoms with Gasteiger partial charge in [0.1, 0.15) is 0 Å². The molecule has 0 aliphatic rings. The number of ketones is 1. The molecule has 0 radical (unpaired) electrons. The molecular formula is C17H19NO2S. The Bertz CT molecular complexity index is 588. The predicted molar refractivity (Wildman–Crippen MR) is 87.0 cm³/mol. The number of carbonyl (C=O) groups excluding carboxylic acids is 2. The Labute approximate surface area is 129 Å². The molecule has 21 heavy (non-hydrogen) atoms. The van der Waals surface area contributed by atoms with E-state index >= 15 is 0 Å². The fourth-order valence-corrected chi connectivity index (χ4v) is 2.75. The van der Waals surface area contributed by atoms with Gasteiger partial charge in [-0.1, -0.05) is 31.5 Å². The molecule has 110 valence electrons. The Morgan fingerprint density at radius 1 is 1.10 bits per heavy atom. The molecule has 3 nitrogen and oxygen atoms in total. The number of hydrogen-bond acceptors (Lipinski definition) is 3. The minimum absolute atomic E-state index is 0.0263. The van der Waals surface area contributed by atoms with Gasteiger partial charge in [-0.3, -0.25) is 9.59 Å². The summed E-state index contributed by atoms with van der Waals surface area (Å²) >= 11 is 1.41. The Hall–Kier alpha value is -1.94. The van der Waals surface area contributed by atoms with Crippen molar-refractivity contribution in [2.45, 2.75) is 32.6 Å². The van der Waals surface area contributed by atoms with Crippen LogP contribution in [-0.2, 0) is 11.2 Å². The molecule has 0 saturated carbocycles. The average Bonchev–Trinajstić information content (AvgIpc) is 3.01. The average molecular weight is 301 g/mol. The Morgan fingerprint density at radius 2 is 1.86 bits per heavy atom. The summed E-state index contributed by atoms with van der Waals surface area (Å²) in [6.45, 7) is 2.14. The van der Waals surface area contributed by atoms with Gasteiger partial charge in [-0.2, -0.15) is 0 Å². The molecular weight excluding hydrogens is 282 g/mol. The first-order valence-corrected chi connectivity index (χ1v) is 8.02. The van der Waals surface area contributed by atoms with E-state index in [-0.39, 0.29) is 24.5 Å². The van der Waals surface area contributed by atoms with Gasteiger partial charge in [0.15, 0.2) is 5.78 Å². The smallest absolute Gasteiger partial charge is 0.224 e. The molecule has 0 spiro atoms. The van der Waals surface area contributed by atoms with Gasteiger partial charge in [-0.25, -0.2) is 0 Å². The first-order chi connectivity index (χ1) is 10.2. The van der Waals surface area contributed by atoms with Crippen LogP contribution in [0.1, 0.15) is 41.4 Å². The van der Waals surface area contributed by atoms with Gasteiger partial charge < -0.3 is 5.32 Å². The Balaban J connectivity index is 1.80. The summed E-state index contributed by atoms with van der Waals surface area (Å²) in [6.07, 6.45) is 2.62. The third-order valence-corrected chi connectivity index (χ3v) is 4.06. The van der Waals surface area contributed by atoms with Crippen molar-refractivity contribution >= 4 is 28.7 Å². The van der Waals surface area contributed by atoms with E-state index in [1.54, 1.807) is 6.07 Å². The lowest BCUT2D eigenvalue weighted by molar-refractivity contribution is -0.116. The van der Waals surface area contributed by atoms with Crippen LogP contribution in [-0.4, -0.2) is 11.7 Å². The van der Waals surface area contributed by atoms with Gasteiger partial charge in [0.25, 0.3) is 0 Å². The predicted octanol–water partition coefficient (Wildman–Crippen LogP) is 4.30. The highest BCUT2D eigenvalue weighted by Gasteiger charge is 2.10. The number of rotatable bonds is 7. The fraction of sp³-hybridized carbons (Fsp3) is 0.294. The molecule has 0 unspecified atom stereocenters. The molecule has 1 amide bonds. The van der Waals surface area contributed by atoms with Crippen LogP contribution >= 0.6 is 11.3 Å². The molecule has 0 fully saturated rings. The van der Waals surface area contributed by atoms with Crippen molar-refractivity contribution in [3.63, 3.8) is 0 Å². The summed E-state index contributed by atoms with van der Waals surface area (Å²) in [5.74, 6) is -0.0957. The van der Waals surface area contributed by atoms with Gasteiger partial charge in [-0.05, 0) is 35.6 Å². The molecule has 1 heterocycles. The number of amides is 1. The van der Waals surface area contributed by atoms with E-state index in [9.17, 15) is 9.59 Å². The van der Waals surface area contributed by atoms with Crippen LogP contribution in [0.25, 0.3) is 0 Å². The molecule has 1 aromatic heterocycles. The summed E-state index contributed by atoms with van der Waals surface area (Å²) in [5, 5.41) is 4.69. The molecule has 1 N–H and O–H groups in total. The summed E-state index contributed by atoms with van der Waals surface area (Å²) in [5.41, 5.74) is 2.05. The number of benzene rings is 1. The zero-order chi connectivity index (χ0) is 15.1. The standard InChI is InChI=1S/C17H19NO2S/c1-2-4-13-6-8-14(9-7-13)18-17(20)11-10-15(19)16-5-3-12-21-16/h3,5-9,12H,2,4,10-11H2,1H3,(H,18,20). The van der Waals surface area contributed by atoms with Gasteiger partial charge in [0.2, 0.25) is 5.91 Å². The van der Waals surface area contributed by atoms with Crippen molar-refractivity contribution in [2.75, 3.05) is 5.32 Å². The lowest BCUT2D eigenvalue weighted by Crippen LogP contribution is -2.13. The normalized spacial score (nSPS) is 10.3. The topological polar surface area (TPSA) is 46.2 Å². The molecule has 2 aromatic rings. The third-order valence-electron chi connectivity index (χ3n) is 3.15. The van der Waals surface area contributed by atoms with Crippen LogP contribution in [0.4, 0.5) is 5.69 Å². The largest absolute Gasteiger partial charge is 0.326 e. The number of Topliss-reactive ketones (excluding diaryl/α,β-unsaturated/α-hetero) is 1. The molecule has 1 aromatic carbocycles. The van der Waals surface area contributed by atoms with E-state index in [1.807, 2.05) is 35.7 Å². The van der Waals surface area contributed by atoms with Crippen molar-refractivity contribution < 1.29 is 9.59 Å². The summed E-state index contributed by atoms with van der Waals surface area (Å²) in [7, 11) is 0. The van der Waals surface area contributed by atoms with E-state index in [1.165, 1.54) is 16.9 Å². The third kappa shape index (κ3) is 4.83. The molecule has 0 atom stereocenters. The van der Waals surface area contributed by atoms with Crippen LogP contribution in [0.2, 0.25) is 0 Å². The molecule has 0 aliphatic carbocycles. The number of carbonyl (C=O) groups is 2. The first kappa shape index (κ1) is 15.4. The van der Waals surface area contributed by atoms with Crippen molar-refractivity contribution in [3.8, 4) is 0 Å². The maximum Gasteiger partial charge on any atom is 0.224 e. The zero-order valence-corrected chi connectivity index (χ0v) is 12.9. The second-order valence-electron chi connectivity index (χ2n) is 4.90. The van der Waals surface area contributed by atoms with Crippen LogP contribution in [0.5, 0.6) is 0 Å².